The summed E-state index contributed by atoms with van der Waals surface area (Å²) in [6.45, 7) is 1.91. The maximum absolute atomic E-state index is 12.3. The maximum atomic E-state index is 12.3. The van der Waals surface area contributed by atoms with E-state index in [0.717, 1.165) is 22.3 Å². The van der Waals surface area contributed by atoms with E-state index in [1.807, 2.05) is 31.2 Å². The summed E-state index contributed by atoms with van der Waals surface area (Å²) in [5.74, 6) is 0.106. The molecule has 1 aliphatic rings. The molecule has 1 heterocycles. The number of amides is 2. The van der Waals surface area contributed by atoms with Crippen molar-refractivity contribution < 1.29 is 9.59 Å². The molecule has 9 heteroatoms. The summed E-state index contributed by atoms with van der Waals surface area (Å²) in [6, 6.07) is 11.0. The first-order valence-corrected chi connectivity index (χ1v) is 10.9. The van der Waals surface area contributed by atoms with Crippen molar-refractivity contribution in [3.63, 3.8) is 0 Å². The molecule has 0 bridgehead atoms. The molecule has 2 aromatic carbocycles. The number of carbonyl (C=O) groups is 2. The Balaban J connectivity index is 2.05. The molecule has 0 saturated heterocycles. The van der Waals surface area contributed by atoms with Gasteiger partial charge in [-0.15, -0.1) is 0 Å². The van der Waals surface area contributed by atoms with Gasteiger partial charge in [-0.25, -0.2) is 9.89 Å². The first-order valence-electron chi connectivity index (χ1n) is 10.9. The van der Waals surface area contributed by atoms with Gasteiger partial charge in [-0.05, 0) is 72.7 Å². The van der Waals surface area contributed by atoms with Crippen LogP contribution in [0.3, 0.4) is 0 Å². The standard InChI is InChI=1S/C24H28N6O3/c1-13(25)12-24(22-28-23(33)30-29-22)18-8-6-16(20(31)26-2)10-14(18)4-5-15-11-17(21(32)27-3)7-9-19(15)24/h6-11,13H,4-5,12,25H2,1-3H3,(H,26,31)(H,27,32)(H2,28,29,30,33)/t13-/m0/s1. The molecule has 0 fully saturated rings. The molecular weight excluding hydrogens is 420 g/mol. The Hall–Kier alpha value is -3.72. The van der Waals surface area contributed by atoms with Crippen molar-refractivity contribution in [2.45, 2.75) is 37.6 Å². The van der Waals surface area contributed by atoms with Gasteiger partial charge >= 0.3 is 5.69 Å². The van der Waals surface area contributed by atoms with E-state index in [1.54, 1.807) is 26.2 Å². The van der Waals surface area contributed by atoms with Crippen LogP contribution in [0, 0.1) is 0 Å². The number of fused-ring (bicyclic) bond motifs is 2. The summed E-state index contributed by atoms with van der Waals surface area (Å²) >= 11 is 0. The van der Waals surface area contributed by atoms with Gasteiger partial charge in [0.2, 0.25) is 0 Å². The Morgan fingerprint density at radius 1 is 1.03 bits per heavy atom. The molecule has 9 nitrogen and oxygen atoms in total. The summed E-state index contributed by atoms with van der Waals surface area (Å²) < 4.78 is 0. The number of H-pyrrole nitrogens is 2. The first kappa shape index (κ1) is 22.5. The predicted octanol–water partition coefficient (Wildman–Crippen LogP) is 0.988. The molecule has 172 valence electrons. The number of nitrogens with one attached hydrogen (secondary N) is 4. The van der Waals surface area contributed by atoms with Crippen LogP contribution in [0.5, 0.6) is 0 Å². The van der Waals surface area contributed by atoms with E-state index >= 15 is 0 Å². The van der Waals surface area contributed by atoms with E-state index in [1.165, 1.54) is 0 Å². The number of benzene rings is 2. The number of rotatable bonds is 5. The second-order valence-corrected chi connectivity index (χ2v) is 8.52. The summed E-state index contributed by atoms with van der Waals surface area (Å²) in [5, 5.41) is 12.2. The summed E-state index contributed by atoms with van der Waals surface area (Å²) in [5.41, 5.74) is 10.00. The number of hydrogen-bond donors (Lipinski definition) is 5. The number of aromatic nitrogens is 3. The predicted molar refractivity (Wildman–Crippen MR) is 124 cm³/mol. The number of nitrogens with zero attached hydrogens (tertiary/aromatic N) is 1. The number of aryl methyl sites for hydroxylation is 2. The Morgan fingerprint density at radius 2 is 1.55 bits per heavy atom. The van der Waals surface area contributed by atoms with Crippen molar-refractivity contribution in [3.8, 4) is 0 Å². The smallest absolute Gasteiger partial charge is 0.340 e. The van der Waals surface area contributed by atoms with Gasteiger partial charge in [0, 0.05) is 31.3 Å². The third-order valence-electron chi connectivity index (χ3n) is 6.31. The third-order valence-corrected chi connectivity index (χ3v) is 6.31. The van der Waals surface area contributed by atoms with Crippen LogP contribution in [-0.4, -0.2) is 47.1 Å². The lowest BCUT2D eigenvalue weighted by Gasteiger charge is -2.36. The van der Waals surface area contributed by atoms with Crippen LogP contribution in [0.1, 0.15) is 62.1 Å². The van der Waals surface area contributed by atoms with E-state index in [4.69, 9.17) is 5.73 Å². The molecule has 6 N–H and O–H groups in total. The zero-order valence-corrected chi connectivity index (χ0v) is 18.9. The minimum Gasteiger partial charge on any atom is -0.355 e. The van der Waals surface area contributed by atoms with Crippen LogP contribution >= 0.6 is 0 Å². The molecule has 0 unspecified atom stereocenters. The molecule has 0 saturated carbocycles. The van der Waals surface area contributed by atoms with E-state index in [0.29, 0.717) is 36.2 Å². The molecule has 2 amide bonds. The molecule has 0 spiro atoms. The van der Waals surface area contributed by atoms with Gasteiger partial charge in [0.1, 0.15) is 5.82 Å². The zero-order valence-electron chi connectivity index (χ0n) is 18.9. The largest absolute Gasteiger partial charge is 0.355 e. The summed E-state index contributed by atoms with van der Waals surface area (Å²) in [4.78, 5) is 39.6. The highest BCUT2D eigenvalue weighted by Gasteiger charge is 2.44. The maximum Gasteiger partial charge on any atom is 0.340 e. The van der Waals surface area contributed by atoms with Gasteiger partial charge in [0.05, 0.1) is 5.41 Å². The minimum atomic E-state index is -0.864. The van der Waals surface area contributed by atoms with Crippen LogP contribution in [0.2, 0.25) is 0 Å². The van der Waals surface area contributed by atoms with Crippen LogP contribution in [0.4, 0.5) is 0 Å². The minimum absolute atomic E-state index is 0.174. The van der Waals surface area contributed by atoms with E-state index < -0.39 is 11.1 Å². The molecule has 1 aliphatic carbocycles. The van der Waals surface area contributed by atoms with E-state index in [2.05, 4.69) is 25.8 Å². The SMILES string of the molecule is CNC(=O)c1ccc2c(c1)CCc1cc(C(=O)NC)ccc1C2(C[C@H](C)N)c1n[nH]c(=O)[nH]1. The molecule has 33 heavy (non-hydrogen) atoms. The van der Waals surface area contributed by atoms with Crippen molar-refractivity contribution in [2.75, 3.05) is 14.1 Å². The molecule has 0 radical (unpaired) electrons. The van der Waals surface area contributed by atoms with Crippen LogP contribution in [0.15, 0.2) is 41.2 Å². The van der Waals surface area contributed by atoms with E-state index in [-0.39, 0.29) is 17.9 Å². The van der Waals surface area contributed by atoms with Gasteiger partial charge in [0.15, 0.2) is 0 Å². The van der Waals surface area contributed by atoms with Crippen molar-refractivity contribution >= 4 is 11.8 Å². The second kappa shape index (κ2) is 8.67. The zero-order chi connectivity index (χ0) is 23.8. The fraction of sp³-hybridized carbons (Fsp3) is 0.333. The highest BCUT2D eigenvalue weighted by atomic mass is 16.2. The van der Waals surface area contributed by atoms with Gasteiger partial charge in [-0.1, -0.05) is 12.1 Å². The molecule has 1 atom stereocenters. The van der Waals surface area contributed by atoms with Gasteiger partial charge in [0.25, 0.3) is 11.8 Å². The summed E-state index contributed by atoms with van der Waals surface area (Å²) in [7, 11) is 3.19. The average molecular weight is 449 g/mol. The van der Waals surface area contributed by atoms with Gasteiger partial charge in [-0.3, -0.25) is 14.6 Å². The lowest BCUT2D eigenvalue weighted by Crippen LogP contribution is -2.38. The highest BCUT2D eigenvalue weighted by molar-refractivity contribution is 5.95. The number of nitrogens with two attached hydrogens (primary N) is 1. The lowest BCUT2D eigenvalue weighted by molar-refractivity contribution is 0.0955. The third kappa shape index (κ3) is 3.84. The van der Waals surface area contributed by atoms with Crippen LogP contribution in [0.25, 0.3) is 0 Å². The van der Waals surface area contributed by atoms with Crippen molar-refractivity contribution in [3.05, 3.63) is 86.1 Å². The number of aromatic amines is 2. The van der Waals surface area contributed by atoms with Gasteiger partial charge < -0.3 is 16.4 Å². The molecule has 4 rings (SSSR count). The first-order chi connectivity index (χ1) is 15.8. The monoisotopic (exact) mass is 448 g/mol. The van der Waals surface area contributed by atoms with E-state index in [9.17, 15) is 14.4 Å². The van der Waals surface area contributed by atoms with Crippen molar-refractivity contribution in [2.24, 2.45) is 5.73 Å². The van der Waals surface area contributed by atoms with Gasteiger partial charge in [-0.2, -0.15) is 5.10 Å². The molecular formula is C24H28N6O3. The normalized spacial score (nSPS) is 15.0. The second-order valence-electron chi connectivity index (χ2n) is 8.52. The fourth-order valence-corrected chi connectivity index (χ4v) is 4.95. The Kier molecular flexibility index (Phi) is 5.90. The summed E-state index contributed by atoms with van der Waals surface area (Å²) in [6.07, 6.45) is 1.77. The van der Waals surface area contributed by atoms with Crippen LogP contribution < -0.4 is 22.1 Å². The van der Waals surface area contributed by atoms with Crippen molar-refractivity contribution in [1.29, 1.82) is 0 Å². The molecule has 0 aliphatic heterocycles. The average Bonchev–Trinajstić information content (AvgIpc) is 3.21. The Bertz CT molecular complexity index is 1210. The highest BCUT2D eigenvalue weighted by Crippen LogP contribution is 2.46. The molecule has 3 aromatic rings. The fourth-order valence-electron chi connectivity index (χ4n) is 4.95. The topological polar surface area (TPSA) is 146 Å². The number of hydrogen-bond acceptors (Lipinski definition) is 5. The quantitative estimate of drug-likeness (QED) is 0.395. The van der Waals surface area contributed by atoms with Crippen LogP contribution in [-0.2, 0) is 18.3 Å². The Morgan fingerprint density at radius 3 is 1.94 bits per heavy atom. The Labute approximate surface area is 191 Å². The molecule has 1 aromatic heterocycles. The number of carbonyl (C=O) groups excluding carboxylic acids is 2. The lowest BCUT2D eigenvalue weighted by atomic mass is 9.68. The van der Waals surface area contributed by atoms with Crippen molar-refractivity contribution in [1.82, 2.24) is 25.8 Å².